The molecule has 0 saturated carbocycles. The van der Waals surface area contributed by atoms with Crippen LogP contribution in [0.4, 0.5) is 0 Å². The first-order chi connectivity index (χ1) is 19.4. The Morgan fingerprint density at radius 3 is 2.00 bits per heavy atom. The molecule has 0 saturated heterocycles. The Bertz CT molecular complexity index is 1220. The first-order valence-corrected chi connectivity index (χ1v) is 14.4. The molecule has 0 N–H and O–H groups in total. The van der Waals surface area contributed by atoms with Crippen LogP contribution in [0, 0.1) is 0 Å². The van der Waals surface area contributed by atoms with E-state index >= 15 is 0 Å². The van der Waals surface area contributed by atoms with E-state index in [0.717, 1.165) is 43.2 Å². The van der Waals surface area contributed by atoms with Crippen molar-refractivity contribution >= 4 is 17.7 Å². The number of esters is 2. The van der Waals surface area contributed by atoms with E-state index in [1.165, 1.54) is 25.7 Å². The molecule has 7 heteroatoms. The second-order valence-electron chi connectivity index (χ2n) is 10.0. The van der Waals surface area contributed by atoms with Crippen molar-refractivity contribution < 1.29 is 23.9 Å². The third-order valence-electron chi connectivity index (χ3n) is 6.66. The van der Waals surface area contributed by atoms with Gasteiger partial charge in [-0.25, -0.2) is 14.8 Å². The van der Waals surface area contributed by atoms with E-state index in [1.54, 1.807) is 55.5 Å². The van der Waals surface area contributed by atoms with Crippen LogP contribution in [0.15, 0.2) is 60.9 Å². The van der Waals surface area contributed by atoms with E-state index in [-0.39, 0.29) is 11.8 Å². The molecule has 212 valence electrons. The number of benzene rings is 2. The van der Waals surface area contributed by atoms with E-state index in [4.69, 9.17) is 9.47 Å². The van der Waals surface area contributed by atoms with E-state index in [9.17, 15) is 14.4 Å². The number of hydrogen-bond acceptors (Lipinski definition) is 7. The maximum Gasteiger partial charge on any atom is 0.343 e. The topological polar surface area (TPSA) is 95.5 Å². The lowest BCUT2D eigenvalue weighted by Crippen LogP contribution is -2.24. The standard InChI is InChI=1S/C33H40N2O5/c1-4-6-8-9-11-12-25-22-34-32(35-23-25)27-14-16-28(17-15-27)33(38)40-29-20-18-26(19-21-29)31(37)24(3)39-30(36)13-10-7-5-2/h14-24H,4-13H2,1-3H3. The summed E-state index contributed by atoms with van der Waals surface area (Å²) in [6, 6.07) is 13.2. The fourth-order valence-electron chi connectivity index (χ4n) is 4.24. The number of carbonyl (C=O) groups is 3. The second-order valence-corrected chi connectivity index (χ2v) is 10.0. The number of ketones is 1. The largest absolute Gasteiger partial charge is 0.454 e. The zero-order valence-electron chi connectivity index (χ0n) is 23.9. The van der Waals surface area contributed by atoms with Gasteiger partial charge >= 0.3 is 11.9 Å². The minimum absolute atomic E-state index is 0.305. The Balaban J connectivity index is 1.50. The highest BCUT2D eigenvalue weighted by Crippen LogP contribution is 2.19. The van der Waals surface area contributed by atoms with Gasteiger partial charge < -0.3 is 9.47 Å². The predicted octanol–water partition coefficient (Wildman–Crippen LogP) is 7.57. The van der Waals surface area contributed by atoms with Crippen molar-refractivity contribution in [3.8, 4) is 17.1 Å². The lowest BCUT2D eigenvalue weighted by atomic mass is 10.1. The number of Topliss-reactive ketones (excluding diaryl/α,β-unsaturated/α-hetero) is 1. The van der Waals surface area contributed by atoms with Gasteiger partial charge in [0.25, 0.3) is 0 Å². The number of aryl methyl sites for hydroxylation is 1. The highest BCUT2D eigenvalue weighted by Gasteiger charge is 2.20. The molecule has 0 amide bonds. The molecule has 0 aliphatic rings. The molecule has 7 nitrogen and oxygen atoms in total. The van der Waals surface area contributed by atoms with Crippen LogP contribution in [0.1, 0.15) is 105 Å². The number of carbonyl (C=O) groups excluding carboxylic acids is 3. The maximum atomic E-state index is 12.7. The summed E-state index contributed by atoms with van der Waals surface area (Å²) in [7, 11) is 0. The number of hydrogen-bond donors (Lipinski definition) is 0. The van der Waals surface area contributed by atoms with Gasteiger partial charge in [0.2, 0.25) is 5.78 Å². The highest BCUT2D eigenvalue weighted by molar-refractivity contribution is 6.00. The molecule has 0 spiro atoms. The molecular weight excluding hydrogens is 504 g/mol. The highest BCUT2D eigenvalue weighted by atomic mass is 16.5. The van der Waals surface area contributed by atoms with Gasteiger partial charge in [0.15, 0.2) is 11.9 Å². The zero-order valence-corrected chi connectivity index (χ0v) is 23.9. The molecule has 0 radical (unpaired) electrons. The third-order valence-corrected chi connectivity index (χ3v) is 6.66. The van der Waals surface area contributed by atoms with Gasteiger partial charge in [0, 0.05) is 29.9 Å². The van der Waals surface area contributed by atoms with Crippen LogP contribution in [-0.4, -0.2) is 33.8 Å². The van der Waals surface area contributed by atoms with Crippen LogP contribution >= 0.6 is 0 Å². The van der Waals surface area contributed by atoms with Crippen LogP contribution < -0.4 is 4.74 Å². The summed E-state index contributed by atoms with van der Waals surface area (Å²) in [5, 5.41) is 0. The number of rotatable bonds is 16. The number of aromatic nitrogens is 2. The van der Waals surface area contributed by atoms with Crippen LogP contribution in [0.5, 0.6) is 5.75 Å². The summed E-state index contributed by atoms with van der Waals surface area (Å²) in [6.45, 7) is 5.83. The van der Waals surface area contributed by atoms with E-state index in [0.29, 0.717) is 29.1 Å². The Morgan fingerprint density at radius 2 is 1.35 bits per heavy atom. The van der Waals surface area contributed by atoms with E-state index < -0.39 is 12.1 Å². The summed E-state index contributed by atoms with van der Waals surface area (Å²) in [5.41, 5.74) is 2.71. The molecule has 1 unspecified atom stereocenters. The summed E-state index contributed by atoms with van der Waals surface area (Å²) < 4.78 is 10.7. The Hall–Kier alpha value is -3.87. The molecule has 40 heavy (non-hydrogen) atoms. The van der Waals surface area contributed by atoms with Crippen LogP contribution in [0.2, 0.25) is 0 Å². The molecule has 0 bridgehead atoms. The third kappa shape index (κ3) is 9.70. The molecular formula is C33H40N2O5. The van der Waals surface area contributed by atoms with Crippen LogP contribution in [0.25, 0.3) is 11.4 Å². The number of nitrogens with zero attached hydrogens (tertiary/aromatic N) is 2. The fourth-order valence-corrected chi connectivity index (χ4v) is 4.24. The first-order valence-electron chi connectivity index (χ1n) is 14.4. The van der Waals surface area contributed by atoms with Crippen molar-refractivity contribution in [2.45, 2.75) is 91.1 Å². The molecule has 1 atom stereocenters. The summed E-state index contributed by atoms with van der Waals surface area (Å²) in [5.74, 6) is -0.277. The first kappa shape index (κ1) is 30.7. The van der Waals surface area contributed by atoms with Crippen molar-refractivity contribution in [3.05, 3.63) is 77.6 Å². The lowest BCUT2D eigenvalue weighted by molar-refractivity contribution is -0.146. The van der Waals surface area contributed by atoms with Crippen LogP contribution in [-0.2, 0) is 16.0 Å². The SMILES string of the molecule is CCCCCCCc1cnc(-c2ccc(C(=O)Oc3ccc(C(=O)C(C)OC(=O)CCCCC)cc3)cc2)nc1. The lowest BCUT2D eigenvalue weighted by Gasteiger charge is -2.12. The maximum absolute atomic E-state index is 12.7. The molecule has 2 aromatic carbocycles. The van der Waals surface area contributed by atoms with Gasteiger partial charge in [-0.15, -0.1) is 0 Å². The van der Waals surface area contributed by atoms with Crippen molar-refractivity contribution in [1.29, 1.82) is 0 Å². The fraction of sp³-hybridized carbons (Fsp3) is 0.424. The van der Waals surface area contributed by atoms with Gasteiger partial charge in [-0.05, 0) is 68.1 Å². The van der Waals surface area contributed by atoms with Crippen molar-refractivity contribution in [1.82, 2.24) is 9.97 Å². The average molecular weight is 545 g/mol. The summed E-state index contributed by atoms with van der Waals surface area (Å²) >= 11 is 0. The van der Waals surface area contributed by atoms with Gasteiger partial charge in [-0.3, -0.25) is 9.59 Å². The monoisotopic (exact) mass is 544 g/mol. The molecule has 1 aromatic heterocycles. The smallest absolute Gasteiger partial charge is 0.343 e. The van der Waals surface area contributed by atoms with E-state index in [1.807, 2.05) is 12.4 Å². The average Bonchev–Trinajstić information content (AvgIpc) is 2.97. The van der Waals surface area contributed by atoms with Crippen molar-refractivity contribution in [3.63, 3.8) is 0 Å². The van der Waals surface area contributed by atoms with Gasteiger partial charge in [-0.2, -0.15) is 0 Å². The molecule has 0 fully saturated rings. The molecule has 1 heterocycles. The second kappa shape index (κ2) is 16.3. The van der Waals surface area contributed by atoms with Gasteiger partial charge in [-0.1, -0.05) is 64.5 Å². The van der Waals surface area contributed by atoms with Crippen molar-refractivity contribution in [2.24, 2.45) is 0 Å². The van der Waals surface area contributed by atoms with E-state index in [2.05, 4.69) is 23.8 Å². The Morgan fingerprint density at radius 1 is 0.750 bits per heavy atom. The number of unbranched alkanes of at least 4 members (excludes halogenated alkanes) is 6. The zero-order chi connectivity index (χ0) is 28.7. The minimum atomic E-state index is -0.878. The van der Waals surface area contributed by atoms with Crippen LogP contribution in [0.3, 0.4) is 0 Å². The number of ether oxygens (including phenoxy) is 2. The normalized spacial score (nSPS) is 11.6. The summed E-state index contributed by atoms with van der Waals surface area (Å²) in [6.07, 6.45) is 13.0. The Labute approximate surface area is 237 Å². The van der Waals surface area contributed by atoms with Gasteiger partial charge in [0.1, 0.15) is 5.75 Å². The van der Waals surface area contributed by atoms with Gasteiger partial charge in [0.05, 0.1) is 5.56 Å². The summed E-state index contributed by atoms with van der Waals surface area (Å²) in [4.78, 5) is 46.2. The molecule has 3 rings (SSSR count). The molecule has 3 aromatic rings. The minimum Gasteiger partial charge on any atom is -0.454 e. The quantitative estimate of drug-likeness (QED) is 0.0794. The van der Waals surface area contributed by atoms with Crippen molar-refractivity contribution in [2.75, 3.05) is 0 Å². The predicted molar refractivity (Wildman–Crippen MR) is 155 cm³/mol. The molecule has 0 aliphatic heterocycles. The molecule has 0 aliphatic carbocycles. The Kier molecular flexibility index (Phi) is 12.5.